The van der Waals surface area contributed by atoms with Crippen molar-refractivity contribution in [1.82, 2.24) is 9.88 Å². The van der Waals surface area contributed by atoms with Crippen LogP contribution in [-0.2, 0) is 16.1 Å². The zero-order chi connectivity index (χ0) is 22.6. The van der Waals surface area contributed by atoms with E-state index in [0.29, 0.717) is 17.1 Å². The quantitative estimate of drug-likeness (QED) is 0.592. The molecule has 7 heteroatoms. The van der Waals surface area contributed by atoms with E-state index in [2.05, 4.69) is 9.88 Å². The van der Waals surface area contributed by atoms with Gasteiger partial charge in [-0.1, -0.05) is 11.6 Å². The van der Waals surface area contributed by atoms with Gasteiger partial charge in [-0.3, -0.25) is 4.79 Å². The largest absolute Gasteiger partial charge is 0.480 e. The van der Waals surface area contributed by atoms with Gasteiger partial charge in [0.05, 0.1) is 19.7 Å². The second-order valence-corrected chi connectivity index (χ2v) is 10.4. The molecule has 170 valence electrons. The molecule has 4 fully saturated rings. The Morgan fingerprint density at radius 2 is 1.72 bits per heavy atom. The molecule has 1 amide bonds. The van der Waals surface area contributed by atoms with Gasteiger partial charge >= 0.3 is 5.97 Å². The summed E-state index contributed by atoms with van der Waals surface area (Å²) in [6, 6.07) is 5.36. The van der Waals surface area contributed by atoms with Crippen molar-refractivity contribution in [2.45, 2.75) is 57.5 Å². The van der Waals surface area contributed by atoms with Gasteiger partial charge in [-0.05, 0) is 80.0 Å². The summed E-state index contributed by atoms with van der Waals surface area (Å²) in [4.78, 5) is 31.9. The summed E-state index contributed by atoms with van der Waals surface area (Å²) < 4.78 is 10.3. The van der Waals surface area contributed by atoms with Crippen molar-refractivity contribution < 1.29 is 19.1 Å². The molecular weight excluding hydrogens is 428 g/mol. The third-order valence-electron chi connectivity index (χ3n) is 7.81. The van der Waals surface area contributed by atoms with Gasteiger partial charge in [0.1, 0.15) is 5.56 Å². The summed E-state index contributed by atoms with van der Waals surface area (Å²) in [5.41, 5.74) is 1.74. The first kappa shape index (κ1) is 21.5. The van der Waals surface area contributed by atoms with Crippen molar-refractivity contribution in [3.8, 4) is 5.88 Å². The summed E-state index contributed by atoms with van der Waals surface area (Å²) >= 11 is 6.47. The molecule has 32 heavy (non-hydrogen) atoms. The Hall–Kier alpha value is -2.34. The molecule has 2 aromatic rings. The van der Waals surface area contributed by atoms with E-state index in [9.17, 15) is 9.59 Å². The monoisotopic (exact) mass is 456 g/mol. The van der Waals surface area contributed by atoms with E-state index in [1.165, 1.54) is 33.5 Å². The number of carbonyl (C=O) groups is 2. The first-order valence-corrected chi connectivity index (χ1v) is 11.7. The van der Waals surface area contributed by atoms with Gasteiger partial charge < -0.3 is 14.4 Å². The van der Waals surface area contributed by atoms with E-state index in [-0.39, 0.29) is 22.9 Å². The zero-order valence-electron chi connectivity index (χ0n) is 18.8. The van der Waals surface area contributed by atoms with Crippen LogP contribution in [0.3, 0.4) is 0 Å². The molecule has 4 aliphatic carbocycles. The molecule has 0 radical (unpaired) electrons. The molecule has 1 heterocycles. The molecule has 1 aromatic heterocycles. The maximum Gasteiger partial charge on any atom is 0.343 e. The predicted molar refractivity (Wildman–Crippen MR) is 122 cm³/mol. The average Bonchev–Trinajstić information content (AvgIpc) is 2.74. The van der Waals surface area contributed by atoms with Crippen LogP contribution in [0.1, 0.15) is 61.4 Å². The minimum Gasteiger partial charge on any atom is -0.480 e. The molecule has 4 saturated carbocycles. The number of benzene rings is 1. The lowest BCUT2D eigenvalue weighted by Gasteiger charge is -2.60. The maximum atomic E-state index is 13.0. The number of rotatable bonds is 5. The van der Waals surface area contributed by atoms with Gasteiger partial charge in [-0.25, -0.2) is 9.78 Å². The maximum absolute atomic E-state index is 13.0. The Kier molecular flexibility index (Phi) is 5.31. The zero-order valence-corrected chi connectivity index (χ0v) is 19.6. The number of esters is 1. The normalized spacial score (nSPS) is 28.1. The summed E-state index contributed by atoms with van der Waals surface area (Å²) in [5.74, 6) is 1.99. The molecule has 0 unspecified atom stereocenters. The number of hydrogen-bond donors (Lipinski definition) is 0. The van der Waals surface area contributed by atoms with Crippen LogP contribution < -0.4 is 4.74 Å². The minimum atomic E-state index is -0.517. The number of pyridine rings is 1. The second kappa shape index (κ2) is 7.91. The second-order valence-electron chi connectivity index (χ2n) is 9.92. The van der Waals surface area contributed by atoms with Gasteiger partial charge in [0.15, 0.2) is 0 Å². The number of nitrogens with zero attached hydrogens (tertiary/aromatic N) is 2. The first-order chi connectivity index (χ1) is 15.3. The molecule has 1 aromatic carbocycles. The number of carbonyl (C=O) groups excluding carboxylic acids is 2. The highest BCUT2D eigenvalue weighted by Crippen LogP contribution is 2.58. The van der Waals surface area contributed by atoms with Crippen molar-refractivity contribution >= 4 is 34.4 Å². The smallest absolute Gasteiger partial charge is 0.343 e. The highest BCUT2D eigenvalue weighted by Gasteiger charge is 2.54. The fourth-order valence-corrected chi connectivity index (χ4v) is 7.26. The molecule has 4 bridgehead atoms. The molecule has 6 nitrogen and oxygen atoms in total. The lowest BCUT2D eigenvalue weighted by Crippen LogP contribution is -2.60. The molecule has 4 aliphatic rings. The van der Waals surface area contributed by atoms with Crippen molar-refractivity contribution in [1.29, 1.82) is 0 Å². The summed E-state index contributed by atoms with van der Waals surface area (Å²) in [5, 5.41) is 1.27. The van der Waals surface area contributed by atoms with Crippen LogP contribution in [-0.4, -0.2) is 41.5 Å². The summed E-state index contributed by atoms with van der Waals surface area (Å²) in [7, 11) is 2.80. The van der Waals surface area contributed by atoms with E-state index in [4.69, 9.17) is 21.1 Å². The fraction of sp³-hybridized carbons (Fsp3) is 0.560. The van der Waals surface area contributed by atoms with Gasteiger partial charge in [-0.2, -0.15) is 0 Å². The van der Waals surface area contributed by atoms with Gasteiger partial charge in [0.2, 0.25) is 11.8 Å². The topological polar surface area (TPSA) is 68.7 Å². The molecule has 0 N–H and O–H groups in total. The van der Waals surface area contributed by atoms with Crippen LogP contribution in [0.25, 0.3) is 10.9 Å². The molecule has 6 rings (SSSR count). The fourth-order valence-electron chi connectivity index (χ4n) is 7.02. The predicted octanol–water partition coefficient (Wildman–Crippen LogP) is 5.00. The van der Waals surface area contributed by atoms with E-state index >= 15 is 0 Å². The van der Waals surface area contributed by atoms with Crippen molar-refractivity contribution in [3.63, 3.8) is 0 Å². The first-order valence-electron chi connectivity index (χ1n) is 11.4. The third kappa shape index (κ3) is 3.53. The minimum absolute atomic E-state index is 0.0642. The molecule has 0 aliphatic heterocycles. The Balaban J connectivity index is 1.57. The van der Waals surface area contributed by atoms with Crippen LogP contribution in [0.15, 0.2) is 18.2 Å². The number of hydrogen-bond acceptors (Lipinski definition) is 5. The number of amides is 1. The summed E-state index contributed by atoms with van der Waals surface area (Å²) in [6.45, 7) is 2.13. The average molecular weight is 457 g/mol. The van der Waals surface area contributed by atoms with E-state index in [1.54, 1.807) is 19.1 Å². The van der Waals surface area contributed by atoms with Crippen LogP contribution in [0.4, 0.5) is 0 Å². The van der Waals surface area contributed by atoms with Crippen LogP contribution in [0, 0.1) is 17.8 Å². The van der Waals surface area contributed by atoms with Gasteiger partial charge in [0.25, 0.3) is 0 Å². The highest BCUT2D eigenvalue weighted by molar-refractivity contribution is 6.31. The van der Waals surface area contributed by atoms with Crippen LogP contribution in [0.5, 0.6) is 5.88 Å². The van der Waals surface area contributed by atoms with Crippen LogP contribution in [0.2, 0.25) is 5.02 Å². The molecule has 0 saturated heterocycles. The van der Waals surface area contributed by atoms with E-state index in [0.717, 1.165) is 48.0 Å². The van der Waals surface area contributed by atoms with Crippen molar-refractivity contribution in [2.75, 3.05) is 14.2 Å². The lowest BCUT2D eigenvalue weighted by atomic mass is 9.52. The number of aromatic nitrogens is 1. The standard InChI is InChI=1S/C25H29ClN2O4/c1-14(29)28(25-10-15-4-16(11-25)6-17(5-15)12-25)13-19-8-20(26)7-18-9-21(24(30)32-3)23(31-2)27-22(18)19/h7-9,15-17H,4-6,10-13H2,1-3H3. The Labute approximate surface area is 193 Å². The number of fused-ring (bicyclic) bond motifs is 1. The molecule has 0 atom stereocenters. The molecular formula is C25H29ClN2O4. The van der Waals surface area contributed by atoms with Gasteiger partial charge in [-0.15, -0.1) is 0 Å². The Morgan fingerprint density at radius 1 is 1.09 bits per heavy atom. The van der Waals surface area contributed by atoms with Crippen LogP contribution >= 0.6 is 11.6 Å². The molecule has 0 spiro atoms. The SMILES string of the molecule is COC(=O)c1cc2cc(Cl)cc(CN(C(C)=O)C34CC5CC(CC(C5)C3)C4)c2nc1OC. The number of methoxy groups -OCH3 is 2. The Bertz CT molecular complexity index is 1060. The van der Waals surface area contributed by atoms with Crippen molar-refractivity contribution in [2.24, 2.45) is 17.8 Å². The highest BCUT2D eigenvalue weighted by atomic mass is 35.5. The van der Waals surface area contributed by atoms with Gasteiger partial charge in [0, 0.05) is 29.4 Å². The van der Waals surface area contributed by atoms with Crippen molar-refractivity contribution in [3.05, 3.63) is 34.3 Å². The number of ether oxygens (including phenoxy) is 2. The lowest BCUT2D eigenvalue weighted by molar-refractivity contribution is -0.150. The third-order valence-corrected chi connectivity index (χ3v) is 8.03. The number of halogens is 1. The summed E-state index contributed by atoms with van der Waals surface area (Å²) in [6.07, 6.45) is 7.25. The van der Waals surface area contributed by atoms with E-state index < -0.39 is 5.97 Å². The van der Waals surface area contributed by atoms with E-state index in [1.807, 2.05) is 6.07 Å². The Morgan fingerprint density at radius 3 is 2.25 bits per heavy atom.